The molecule has 1 aliphatic carbocycles. The van der Waals surface area contributed by atoms with E-state index in [1.54, 1.807) is 13.2 Å². The Bertz CT molecular complexity index is 725. The molecule has 1 amide bonds. The number of benzene rings is 2. The van der Waals surface area contributed by atoms with Gasteiger partial charge in [0.25, 0.3) is 5.91 Å². The molecule has 0 saturated heterocycles. The highest BCUT2D eigenvalue weighted by atomic mass is 79.9. The Morgan fingerprint density at radius 3 is 2.48 bits per heavy atom. The van der Waals surface area contributed by atoms with E-state index in [1.807, 2.05) is 36.4 Å². The van der Waals surface area contributed by atoms with Gasteiger partial charge in [0, 0.05) is 22.4 Å². The van der Waals surface area contributed by atoms with Crippen LogP contribution in [0.2, 0.25) is 0 Å². The lowest BCUT2D eigenvalue weighted by Gasteiger charge is -2.13. The molecular weight excluding hydrogens is 380 g/mol. The van der Waals surface area contributed by atoms with E-state index in [4.69, 9.17) is 4.74 Å². The minimum atomic E-state index is -0.169. The Hall–Kier alpha value is -2.01. The van der Waals surface area contributed by atoms with Crippen LogP contribution in [0.4, 0.5) is 11.4 Å². The van der Waals surface area contributed by atoms with Crippen LogP contribution < -0.4 is 15.4 Å². The molecule has 2 aromatic rings. The average Bonchev–Trinajstić information content (AvgIpc) is 3.15. The van der Waals surface area contributed by atoms with Crippen LogP contribution >= 0.6 is 15.9 Å². The highest BCUT2D eigenvalue weighted by Gasteiger charge is 2.14. The molecule has 2 aromatic carbocycles. The summed E-state index contributed by atoms with van der Waals surface area (Å²) in [4.78, 5) is 12.5. The van der Waals surface area contributed by atoms with Crippen molar-refractivity contribution in [3.05, 3.63) is 52.5 Å². The SMILES string of the molecule is COc1ccc(Br)c(C(=O)Nc2ccc(NCC3CCCC3)cc2)c1. The van der Waals surface area contributed by atoms with Crippen molar-refractivity contribution in [3.8, 4) is 5.75 Å². The van der Waals surface area contributed by atoms with E-state index in [-0.39, 0.29) is 5.91 Å². The fourth-order valence-electron chi connectivity index (χ4n) is 3.15. The van der Waals surface area contributed by atoms with Gasteiger partial charge < -0.3 is 15.4 Å². The van der Waals surface area contributed by atoms with Gasteiger partial charge in [0.05, 0.1) is 12.7 Å². The summed E-state index contributed by atoms with van der Waals surface area (Å²) in [5.41, 5.74) is 2.40. The summed E-state index contributed by atoms with van der Waals surface area (Å²) in [6.07, 6.45) is 5.38. The lowest BCUT2D eigenvalue weighted by Crippen LogP contribution is -2.13. The highest BCUT2D eigenvalue weighted by Crippen LogP contribution is 2.26. The molecule has 1 fully saturated rings. The molecule has 0 bridgehead atoms. The Morgan fingerprint density at radius 1 is 1.12 bits per heavy atom. The van der Waals surface area contributed by atoms with E-state index in [2.05, 4.69) is 26.6 Å². The van der Waals surface area contributed by atoms with E-state index < -0.39 is 0 Å². The number of anilines is 2. The molecule has 5 heteroatoms. The molecule has 132 valence electrons. The highest BCUT2D eigenvalue weighted by molar-refractivity contribution is 9.10. The maximum atomic E-state index is 12.5. The first-order valence-electron chi connectivity index (χ1n) is 8.64. The predicted octanol–water partition coefficient (Wildman–Crippen LogP) is 5.31. The molecule has 0 unspecified atom stereocenters. The smallest absolute Gasteiger partial charge is 0.256 e. The van der Waals surface area contributed by atoms with Gasteiger partial charge in [0.2, 0.25) is 0 Å². The maximum absolute atomic E-state index is 12.5. The summed E-state index contributed by atoms with van der Waals surface area (Å²) in [5.74, 6) is 1.28. The van der Waals surface area contributed by atoms with Crippen molar-refractivity contribution in [1.29, 1.82) is 0 Å². The lowest BCUT2D eigenvalue weighted by molar-refractivity contribution is 0.102. The second kappa shape index (κ2) is 8.39. The standard InChI is InChI=1S/C20H23BrN2O2/c1-25-17-10-11-19(21)18(12-17)20(24)23-16-8-6-15(7-9-16)22-13-14-4-2-3-5-14/h6-12,14,22H,2-5,13H2,1H3,(H,23,24). The molecule has 3 rings (SSSR count). The number of ether oxygens (including phenoxy) is 1. The number of amides is 1. The molecule has 25 heavy (non-hydrogen) atoms. The van der Waals surface area contributed by atoms with Gasteiger partial charge in [0.15, 0.2) is 0 Å². The summed E-state index contributed by atoms with van der Waals surface area (Å²) in [7, 11) is 1.59. The third-order valence-electron chi connectivity index (χ3n) is 4.63. The number of halogens is 1. The number of hydrogen-bond acceptors (Lipinski definition) is 3. The zero-order valence-corrected chi connectivity index (χ0v) is 15.9. The third-order valence-corrected chi connectivity index (χ3v) is 5.32. The number of carbonyl (C=O) groups is 1. The molecule has 0 radical (unpaired) electrons. The van der Waals surface area contributed by atoms with Crippen molar-refractivity contribution < 1.29 is 9.53 Å². The predicted molar refractivity (Wildman–Crippen MR) is 106 cm³/mol. The molecule has 0 atom stereocenters. The van der Waals surface area contributed by atoms with Gasteiger partial charge in [-0.25, -0.2) is 0 Å². The van der Waals surface area contributed by atoms with Gasteiger partial charge in [-0.1, -0.05) is 12.8 Å². The first-order chi connectivity index (χ1) is 12.2. The zero-order valence-electron chi connectivity index (χ0n) is 14.3. The van der Waals surface area contributed by atoms with Crippen molar-refractivity contribution in [3.63, 3.8) is 0 Å². The molecule has 0 heterocycles. The molecule has 1 aliphatic rings. The number of nitrogens with one attached hydrogen (secondary N) is 2. The fourth-order valence-corrected chi connectivity index (χ4v) is 3.58. The first-order valence-corrected chi connectivity index (χ1v) is 9.44. The van der Waals surface area contributed by atoms with Crippen molar-refractivity contribution in [1.82, 2.24) is 0 Å². The van der Waals surface area contributed by atoms with Crippen molar-refractivity contribution >= 4 is 33.2 Å². The van der Waals surface area contributed by atoms with Gasteiger partial charge in [-0.3, -0.25) is 4.79 Å². The monoisotopic (exact) mass is 402 g/mol. The van der Waals surface area contributed by atoms with Gasteiger partial charge >= 0.3 is 0 Å². The van der Waals surface area contributed by atoms with Gasteiger partial charge in [-0.15, -0.1) is 0 Å². The van der Waals surface area contributed by atoms with Crippen LogP contribution in [0, 0.1) is 5.92 Å². The third kappa shape index (κ3) is 4.75. The molecular formula is C20H23BrN2O2. The molecule has 1 saturated carbocycles. The lowest BCUT2D eigenvalue weighted by atomic mass is 10.1. The first kappa shape index (κ1) is 17.8. The van der Waals surface area contributed by atoms with Crippen LogP contribution in [-0.4, -0.2) is 19.6 Å². The van der Waals surface area contributed by atoms with Crippen LogP contribution in [0.1, 0.15) is 36.0 Å². The van der Waals surface area contributed by atoms with E-state index in [9.17, 15) is 4.79 Å². The Morgan fingerprint density at radius 2 is 1.80 bits per heavy atom. The minimum Gasteiger partial charge on any atom is -0.497 e. The number of rotatable bonds is 6. The molecule has 0 spiro atoms. The number of carbonyl (C=O) groups excluding carboxylic acids is 1. The van der Waals surface area contributed by atoms with Gasteiger partial charge in [-0.05, 0) is 77.2 Å². The number of hydrogen-bond donors (Lipinski definition) is 2. The summed E-state index contributed by atoms with van der Waals surface area (Å²) in [6.45, 7) is 1.03. The van der Waals surface area contributed by atoms with Crippen LogP contribution in [0.3, 0.4) is 0 Å². The van der Waals surface area contributed by atoms with E-state index in [0.29, 0.717) is 11.3 Å². The topological polar surface area (TPSA) is 50.4 Å². The molecule has 4 nitrogen and oxygen atoms in total. The van der Waals surface area contributed by atoms with Crippen molar-refractivity contribution in [2.45, 2.75) is 25.7 Å². The summed E-state index contributed by atoms with van der Waals surface area (Å²) in [5, 5.41) is 6.41. The van der Waals surface area contributed by atoms with Gasteiger partial charge in [-0.2, -0.15) is 0 Å². The Balaban J connectivity index is 1.60. The average molecular weight is 403 g/mol. The summed E-state index contributed by atoms with van der Waals surface area (Å²) >= 11 is 3.41. The van der Waals surface area contributed by atoms with Crippen molar-refractivity contribution in [2.75, 3.05) is 24.3 Å². The van der Waals surface area contributed by atoms with E-state index in [1.165, 1.54) is 25.7 Å². The van der Waals surface area contributed by atoms with Crippen molar-refractivity contribution in [2.24, 2.45) is 5.92 Å². The summed E-state index contributed by atoms with van der Waals surface area (Å²) < 4.78 is 5.92. The largest absolute Gasteiger partial charge is 0.497 e. The van der Waals surface area contributed by atoms with Crippen LogP contribution in [0.5, 0.6) is 5.75 Å². The fraction of sp³-hybridized carbons (Fsp3) is 0.350. The van der Waals surface area contributed by atoms with Crippen LogP contribution in [-0.2, 0) is 0 Å². The Kier molecular flexibility index (Phi) is 5.97. The zero-order chi connectivity index (χ0) is 17.6. The summed E-state index contributed by atoms with van der Waals surface area (Å²) in [6, 6.07) is 13.2. The quantitative estimate of drug-likeness (QED) is 0.687. The second-order valence-electron chi connectivity index (χ2n) is 6.41. The molecule has 2 N–H and O–H groups in total. The Labute approximate surface area is 157 Å². The van der Waals surface area contributed by atoms with Crippen LogP contribution in [0.25, 0.3) is 0 Å². The minimum absolute atomic E-state index is 0.169. The molecule has 0 aliphatic heterocycles. The van der Waals surface area contributed by atoms with E-state index >= 15 is 0 Å². The second-order valence-corrected chi connectivity index (χ2v) is 7.26. The molecule has 0 aromatic heterocycles. The number of methoxy groups -OCH3 is 1. The van der Waals surface area contributed by atoms with Gasteiger partial charge in [0.1, 0.15) is 5.75 Å². The van der Waals surface area contributed by atoms with Crippen LogP contribution in [0.15, 0.2) is 46.9 Å². The maximum Gasteiger partial charge on any atom is 0.256 e. The normalized spacial score (nSPS) is 14.3. The van der Waals surface area contributed by atoms with E-state index in [0.717, 1.165) is 28.3 Å².